The number of benzene rings is 2. The van der Waals surface area contributed by atoms with Crippen LogP contribution in [-0.2, 0) is 47.3 Å². The number of carbonyl (C=O) groups excluding carboxylic acids is 6. The summed E-state index contributed by atoms with van der Waals surface area (Å²) < 4.78 is 15.1. The molecule has 6 heterocycles. The SMILES string of the molecule is CC1=C(C#N)C(=O)N(C(=O)OCc2ccccc2)C(=O)/C1=C/c1cc2c(s1)-c1sc3c(sc4cc(/C=C5/C(=O)N(C(=O)OCc6ccccc6)C(=O)C(C#N)=C5C)sc43)c1C21CCCCC1. The Hall–Kier alpha value is -7.08. The molecule has 10 rings (SSSR count). The molecule has 0 atom stereocenters. The number of nitrogens with zero attached hydrogens (tertiary/aromatic N) is 4. The van der Waals surface area contributed by atoms with Crippen LogP contribution in [0.4, 0.5) is 9.59 Å². The first-order valence-corrected chi connectivity index (χ1v) is 24.2. The molecule has 12 nitrogen and oxygen atoms in total. The van der Waals surface area contributed by atoms with Gasteiger partial charge in [0.25, 0.3) is 23.6 Å². The predicted molar refractivity (Wildman–Crippen MR) is 252 cm³/mol. The average Bonchev–Trinajstić information content (AvgIpc) is 4.12. The Morgan fingerprint density at radius 3 is 1.67 bits per heavy atom. The maximum atomic E-state index is 14.0. The first-order valence-electron chi connectivity index (χ1n) is 20.9. The Labute approximate surface area is 393 Å². The van der Waals surface area contributed by atoms with Crippen LogP contribution in [0.1, 0.15) is 78.0 Å². The second-order valence-electron chi connectivity index (χ2n) is 16.3. The van der Waals surface area contributed by atoms with Gasteiger partial charge in [0, 0.05) is 41.5 Å². The van der Waals surface area contributed by atoms with Crippen LogP contribution in [0.2, 0.25) is 0 Å². The number of rotatable bonds is 6. The number of hydrogen-bond donors (Lipinski definition) is 0. The number of carbonyl (C=O) groups is 6. The molecule has 0 N–H and O–H groups in total. The van der Waals surface area contributed by atoms with Gasteiger partial charge in [-0.25, -0.2) is 9.59 Å². The van der Waals surface area contributed by atoms with Crippen molar-refractivity contribution in [3.05, 3.63) is 138 Å². The summed E-state index contributed by atoms with van der Waals surface area (Å²) in [6.07, 6.45) is 6.06. The fourth-order valence-corrected chi connectivity index (χ4v) is 15.0. The molecule has 1 fully saturated rings. The zero-order valence-electron chi connectivity index (χ0n) is 35.2. The van der Waals surface area contributed by atoms with Gasteiger partial charge in [-0.15, -0.1) is 45.3 Å². The summed E-state index contributed by atoms with van der Waals surface area (Å²) in [6, 6.07) is 25.6. The minimum absolute atomic E-state index is 0.0488. The van der Waals surface area contributed by atoms with Gasteiger partial charge in [-0.3, -0.25) is 19.2 Å². The van der Waals surface area contributed by atoms with E-state index in [0.29, 0.717) is 25.8 Å². The van der Waals surface area contributed by atoms with Gasteiger partial charge in [0.1, 0.15) is 36.5 Å². The molecule has 0 bridgehead atoms. The van der Waals surface area contributed by atoms with E-state index in [9.17, 15) is 39.3 Å². The Kier molecular flexibility index (Phi) is 10.9. The van der Waals surface area contributed by atoms with Crippen molar-refractivity contribution >= 4 is 112 Å². The van der Waals surface area contributed by atoms with E-state index in [1.807, 2.05) is 30.3 Å². The number of fused-ring (bicyclic) bond motifs is 9. The van der Waals surface area contributed by atoms with Crippen LogP contribution >= 0.6 is 45.3 Å². The third-order valence-electron chi connectivity index (χ3n) is 12.5. The minimum Gasteiger partial charge on any atom is -0.444 e. The van der Waals surface area contributed by atoms with E-state index in [1.165, 1.54) is 45.4 Å². The summed E-state index contributed by atoms with van der Waals surface area (Å²) in [7, 11) is 0. The van der Waals surface area contributed by atoms with Gasteiger partial charge in [0.2, 0.25) is 0 Å². The van der Waals surface area contributed by atoms with Crippen molar-refractivity contribution < 1.29 is 38.2 Å². The molecule has 4 aliphatic rings. The lowest BCUT2D eigenvalue weighted by Crippen LogP contribution is -2.46. The highest BCUT2D eigenvalue weighted by Crippen LogP contribution is 2.65. The van der Waals surface area contributed by atoms with Crippen molar-refractivity contribution in [1.82, 2.24) is 9.80 Å². The molecule has 2 aliphatic carbocycles. The van der Waals surface area contributed by atoms with Crippen molar-refractivity contribution in [3.63, 3.8) is 0 Å². The molecule has 0 saturated heterocycles. The van der Waals surface area contributed by atoms with Gasteiger partial charge in [0.15, 0.2) is 0 Å². The number of hydrogen-bond acceptors (Lipinski definition) is 14. The minimum atomic E-state index is -1.16. The highest BCUT2D eigenvalue weighted by molar-refractivity contribution is 7.40. The van der Waals surface area contributed by atoms with Crippen LogP contribution in [0.3, 0.4) is 0 Å². The Morgan fingerprint density at radius 1 is 0.636 bits per heavy atom. The topological polar surface area (TPSA) is 175 Å². The van der Waals surface area contributed by atoms with Crippen LogP contribution in [0.25, 0.3) is 40.7 Å². The second-order valence-corrected chi connectivity index (χ2v) is 20.5. The van der Waals surface area contributed by atoms with E-state index < -0.39 is 35.8 Å². The molecule has 6 amide bonds. The molecule has 4 aromatic heterocycles. The van der Waals surface area contributed by atoms with Gasteiger partial charge < -0.3 is 9.47 Å². The van der Waals surface area contributed by atoms with Crippen molar-refractivity contribution in [2.45, 2.75) is 64.6 Å². The molecule has 0 radical (unpaired) electrons. The normalized spacial score (nSPS) is 18.2. The highest BCUT2D eigenvalue weighted by atomic mass is 32.1. The molecule has 2 aliphatic heterocycles. The number of imide groups is 6. The standard InChI is InChI=1S/C50H34N4O8S4/c1-26-32(44(55)53(46(57)34(26)22-51)48(59)61-24-28-12-6-3-7-13-28)18-30-20-36-39(63-30)41-38(50(36)16-10-5-11-17-50)42-43(66-41)40-37(65-42)21-31(64-40)19-33-27(2)35(23-52)47(58)54(45(33)56)49(60)62-25-29-14-8-4-9-15-29/h3-4,6-9,12-15,18-21H,5,10-11,16-17,24-25H2,1-2H3/b32-18+,33-19+. The summed E-state index contributed by atoms with van der Waals surface area (Å²) in [6.45, 7) is 2.74. The molecule has 1 saturated carbocycles. The fraction of sp³-hybridized carbons (Fsp3) is 0.200. The van der Waals surface area contributed by atoms with E-state index >= 15 is 0 Å². The molecular formula is C50H34N4O8S4. The lowest BCUT2D eigenvalue weighted by atomic mass is 9.68. The summed E-state index contributed by atoms with van der Waals surface area (Å²) >= 11 is 6.41. The first kappa shape index (κ1) is 42.8. The van der Waals surface area contributed by atoms with E-state index in [0.717, 1.165) is 60.8 Å². The summed E-state index contributed by atoms with van der Waals surface area (Å²) in [5.74, 6) is -3.77. The van der Waals surface area contributed by atoms with Crippen LogP contribution < -0.4 is 0 Å². The third kappa shape index (κ3) is 6.87. The lowest BCUT2D eigenvalue weighted by Gasteiger charge is -2.35. The second kappa shape index (κ2) is 16.7. The summed E-state index contributed by atoms with van der Waals surface area (Å²) in [4.78, 5) is 85.5. The summed E-state index contributed by atoms with van der Waals surface area (Å²) in [5.41, 5.74) is 3.45. The number of thiophene rings is 4. The maximum Gasteiger partial charge on any atom is 0.424 e. The molecule has 0 unspecified atom stereocenters. The third-order valence-corrected chi connectivity index (χ3v) is 17.6. The number of ether oxygens (including phenoxy) is 2. The lowest BCUT2D eigenvalue weighted by molar-refractivity contribution is -0.140. The van der Waals surface area contributed by atoms with Crippen LogP contribution in [0, 0.1) is 22.7 Å². The van der Waals surface area contributed by atoms with Crippen molar-refractivity contribution in [2.24, 2.45) is 0 Å². The zero-order valence-corrected chi connectivity index (χ0v) is 38.5. The maximum absolute atomic E-state index is 14.0. The fourth-order valence-electron chi connectivity index (χ4n) is 9.23. The van der Waals surface area contributed by atoms with Gasteiger partial charge in [-0.05, 0) is 78.8 Å². The highest BCUT2D eigenvalue weighted by Gasteiger charge is 2.49. The average molecular weight is 947 g/mol. The van der Waals surface area contributed by atoms with Gasteiger partial charge in [-0.1, -0.05) is 79.9 Å². The van der Waals surface area contributed by atoms with Crippen LogP contribution in [0.15, 0.2) is 106 Å². The molecule has 1 spiro atoms. The van der Waals surface area contributed by atoms with Gasteiger partial charge >= 0.3 is 12.2 Å². The van der Waals surface area contributed by atoms with Gasteiger partial charge in [0.05, 0.1) is 19.0 Å². The molecule has 16 heteroatoms. The number of nitriles is 2. The monoisotopic (exact) mass is 946 g/mol. The largest absolute Gasteiger partial charge is 0.444 e. The van der Waals surface area contributed by atoms with Crippen molar-refractivity contribution in [1.29, 1.82) is 10.5 Å². The van der Waals surface area contributed by atoms with Crippen LogP contribution in [0.5, 0.6) is 0 Å². The number of amides is 6. The van der Waals surface area contributed by atoms with E-state index in [4.69, 9.17) is 9.47 Å². The Balaban J connectivity index is 0.995. The van der Waals surface area contributed by atoms with E-state index in [1.54, 1.807) is 90.3 Å². The van der Waals surface area contributed by atoms with E-state index in [2.05, 4.69) is 6.07 Å². The molecular weight excluding hydrogens is 913 g/mol. The Morgan fingerprint density at radius 2 is 1.15 bits per heavy atom. The molecule has 2 aromatic carbocycles. The molecule has 326 valence electrons. The summed E-state index contributed by atoms with van der Waals surface area (Å²) in [5, 5.41) is 20.0. The van der Waals surface area contributed by atoms with E-state index in [-0.39, 0.29) is 52.1 Å². The Bertz CT molecular complexity index is 3360. The molecule has 6 aromatic rings. The van der Waals surface area contributed by atoms with Gasteiger partial charge in [-0.2, -0.15) is 20.3 Å². The molecule has 66 heavy (non-hydrogen) atoms. The van der Waals surface area contributed by atoms with Crippen LogP contribution in [-0.4, -0.2) is 45.6 Å². The van der Waals surface area contributed by atoms with Crippen molar-refractivity contribution in [2.75, 3.05) is 0 Å². The quantitative estimate of drug-likeness (QED) is 0.115. The predicted octanol–water partition coefficient (Wildman–Crippen LogP) is 11.3. The first-order chi connectivity index (χ1) is 31.9. The smallest absolute Gasteiger partial charge is 0.424 e. The zero-order chi connectivity index (χ0) is 46.0. The van der Waals surface area contributed by atoms with Crippen molar-refractivity contribution in [3.8, 4) is 21.9 Å².